The van der Waals surface area contributed by atoms with Crippen LogP contribution in [0.4, 0.5) is 4.79 Å². The second-order valence-electron chi connectivity index (χ2n) is 12.2. The van der Waals surface area contributed by atoms with Gasteiger partial charge in [0, 0.05) is 31.2 Å². The van der Waals surface area contributed by atoms with E-state index in [-0.39, 0.29) is 24.7 Å². The number of carbonyl (C=O) groups excluding carboxylic acids is 2. The minimum Gasteiger partial charge on any atom is -0.495 e. The van der Waals surface area contributed by atoms with Crippen molar-refractivity contribution in [1.29, 1.82) is 0 Å². The van der Waals surface area contributed by atoms with Gasteiger partial charge in [0.15, 0.2) is 11.8 Å². The molecule has 2 aliphatic rings. The molecule has 4 rings (SSSR count). The Balaban J connectivity index is 1.14. The number of halogens is 6. The number of amides is 3. The highest BCUT2D eigenvalue weighted by molar-refractivity contribution is 9.12. The predicted octanol–water partition coefficient (Wildman–Crippen LogP) is 7.39. The third kappa shape index (κ3) is 12.1. The van der Waals surface area contributed by atoms with Crippen LogP contribution in [0.1, 0.15) is 30.4 Å². The molecule has 2 atom stereocenters. The Morgan fingerprint density at radius 1 is 0.907 bits per heavy atom. The number of aliphatic hydroxyl groups excluding tert-OH is 1. The number of allylic oxidation sites excluding steroid dienone is 1. The van der Waals surface area contributed by atoms with Crippen LogP contribution in [-0.4, -0.2) is 100 Å². The lowest BCUT2D eigenvalue weighted by atomic mass is 10.0. The van der Waals surface area contributed by atoms with Crippen LogP contribution in [0.2, 0.25) is 0 Å². The number of ether oxygens (including phenoxy) is 4. The molecule has 0 fully saturated rings. The van der Waals surface area contributed by atoms with Gasteiger partial charge < -0.3 is 49.7 Å². The number of nitrogens with one attached hydrogen (secondary N) is 3. The molecule has 13 nitrogen and oxygen atoms in total. The molecule has 54 heavy (non-hydrogen) atoms. The topological polar surface area (TPSA) is 152 Å². The van der Waals surface area contributed by atoms with Crippen molar-refractivity contribution >= 4 is 113 Å². The molecular formula is C35H41Br6N5O8. The Hall–Kier alpha value is -1.87. The molecule has 0 saturated carbocycles. The van der Waals surface area contributed by atoms with Crippen LogP contribution in [-0.2, 0) is 31.9 Å². The summed E-state index contributed by atoms with van der Waals surface area (Å²) in [6, 6.07) is 7.87. The zero-order valence-electron chi connectivity index (χ0n) is 29.7. The highest BCUT2D eigenvalue weighted by Crippen LogP contribution is 2.41. The Kier molecular flexibility index (Phi) is 17.9. The Bertz CT molecular complexity index is 1720. The van der Waals surface area contributed by atoms with Gasteiger partial charge in [-0.1, -0.05) is 21.1 Å². The van der Waals surface area contributed by atoms with E-state index in [9.17, 15) is 14.7 Å². The van der Waals surface area contributed by atoms with Gasteiger partial charge in [0.25, 0.3) is 5.91 Å². The van der Waals surface area contributed by atoms with Crippen LogP contribution in [0, 0.1) is 0 Å². The smallest absolute Gasteiger partial charge is 0.317 e. The second-order valence-corrected chi connectivity index (χ2v) is 17.4. The second kappa shape index (κ2) is 21.6. The molecular weight excluding hydrogens is 1100 g/mol. The van der Waals surface area contributed by atoms with E-state index >= 15 is 0 Å². The van der Waals surface area contributed by atoms with E-state index in [0.717, 1.165) is 42.2 Å². The quantitative estimate of drug-likeness (QED) is 0.112. The van der Waals surface area contributed by atoms with Gasteiger partial charge in [-0.25, -0.2) is 4.79 Å². The fraction of sp³-hybridized carbons (Fsp3) is 0.457. The number of likely N-dealkylation sites (N-methyl/N-ethyl adjacent to an activating group) is 2. The molecule has 0 aromatic heterocycles. The fourth-order valence-corrected chi connectivity index (χ4v) is 9.82. The summed E-state index contributed by atoms with van der Waals surface area (Å²) in [5.74, 6) is -0.367. The number of hydrogen-bond donors (Lipinski definition) is 4. The molecule has 2 aliphatic heterocycles. The summed E-state index contributed by atoms with van der Waals surface area (Å²) in [4.78, 5) is 32.6. The van der Waals surface area contributed by atoms with Crippen LogP contribution in [0.15, 0.2) is 68.3 Å². The summed E-state index contributed by atoms with van der Waals surface area (Å²) < 4.78 is 27.3. The molecule has 0 aliphatic carbocycles. The Morgan fingerprint density at radius 3 is 2.02 bits per heavy atom. The van der Waals surface area contributed by atoms with Gasteiger partial charge in [0.1, 0.15) is 23.5 Å². The van der Waals surface area contributed by atoms with Crippen LogP contribution >= 0.6 is 95.6 Å². The number of carbonyl (C=O) groups is 2. The maximum absolute atomic E-state index is 12.8. The molecule has 2 aromatic carbocycles. The first kappa shape index (κ1) is 44.8. The van der Waals surface area contributed by atoms with E-state index in [1.165, 1.54) is 18.9 Å². The number of methoxy groups -OCH3 is 1. The van der Waals surface area contributed by atoms with Crippen LogP contribution in [0.3, 0.4) is 0 Å². The van der Waals surface area contributed by atoms with Crippen molar-refractivity contribution in [2.24, 2.45) is 5.16 Å². The minimum atomic E-state index is -1.62. The standard InChI is InChI=1S/C35H41Br6N5O8/c1-42-10-6-20-14-22(36)30(23(37)15-20)52-13-5-9-44-34(49)46(2)11-7-21-16-24(38)31(25(39)17-21)51-12-4-8-43-33(48)28-32(47)35(54-45-28)18-26(40)29(50-3)27(41)19-53-35/h14-17,19,32,42,47H,4-13,18H2,1-3H3,(H,43,48)(H,44,49)/t32-,35-/m1/s1. The van der Waals surface area contributed by atoms with E-state index in [4.69, 9.17) is 23.8 Å². The predicted molar refractivity (Wildman–Crippen MR) is 227 cm³/mol. The van der Waals surface area contributed by atoms with Crippen molar-refractivity contribution in [2.75, 3.05) is 60.6 Å². The Labute approximate surface area is 365 Å². The van der Waals surface area contributed by atoms with Gasteiger partial charge in [-0.3, -0.25) is 4.79 Å². The molecule has 19 heteroatoms. The van der Waals surface area contributed by atoms with Crippen molar-refractivity contribution in [3.8, 4) is 11.5 Å². The largest absolute Gasteiger partial charge is 0.495 e. The third-order valence-electron chi connectivity index (χ3n) is 8.20. The molecule has 4 N–H and O–H groups in total. The summed E-state index contributed by atoms with van der Waals surface area (Å²) in [6.07, 6.45) is 2.60. The number of rotatable bonds is 18. The monoisotopic (exact) mass is 1130 g/mol. The van der Waals surface area contributed by atoms with Gasteiger partial charge in [0.2, 0.25) is 0 Å². The van der Waals surface area contributed by atoms with Crippen molar-refractivity contribution in [3.63, 3.8) is 0 Å². The van der Waals surface area contributed by atoms with Crippen molar-refractivity contribution in [1.82, 2.24) is 20.9 Å². The normalized spacial score (nSPS) is 17.9. The molecule has 1 spiro atoms. The minimum absolute atomic E-state index is 0.0495. The van der Waals surface area contributed by atoms with Gasteiger partial charge in [0.05, 0.1) is 49.1 Å². The SMILES string of the molecule is CNCCc1cc(Br)c(OCCCNC(=O)N(C)CCc2cc(Br)c(OCCCNC(=O)C3=NO[C@]4(CC(Br)=C(OC)C(Br)=CO4)[C@@H]3O)c(Br)c2)c(Br)c1. The average Bonchev–Trinajstić information content (AvgIpc) is 3.38. The van der Waals surface area contributed by atoms with E-state index in [1.54, 1.807) is 11.9 Å². The van der Waals surface area contributed by atoms with Gasteiger partial charge in [-0.15, -0.1) is 0 Å². The van der Waals surface area contributed by atoms with Crippen molar-refractivity contribution in [2.45, 2.75) is 44.0 Å². The lowest BCUT2D eigenvalue weighted by Gasteiger charge is -2.27. The van der Waals surface area contributed by atoms with E-state index in [0.29, 0.717) is 66.0 Å². The van der Waals surface area contributed by atoms with E-state index in [1.807, 2.05) is 19.2 Å². The summed E-state index contributed by atoms with van der Waals surface area (Å²) in [6.45, 7) is 2.90. The zero-order valence-corrected chi connectivity index (χ0v) is 39.2. The van der Waals surface area contributed by atoms with Crippen LogP contribution in [0.5, 0.6) is 11.5 Å². The van der Waals surface area contributed by atoms with Crippen molar-refractivity contribution < 1.29 is 38.5 Å². The van der Waals surface area contributed by atoms with Crippen LogP contribution < -0.4 is 25.4 Å². The summed E-state index contributed by atoms with van der Waals surface area (Å²) in [7, 11) is 5.19. The molecule has 2 heterocycles. The molecule has 0 saturated heterocycles. The van der Waals surface area contributed by atoms with Crippen molar-refractivity contribution in [3.05, 3.63) is 74.3 Å². The first-order chi connectivity index (χ1) is 25.8. The number of aliphatic hydroxyl groups is 1. The van der Waals surface area contributed by atoms with E-state index in [2.05, 4.69) is 129 Å². The fourth-order valence-electron chi connectivity index (χ4n) is 5.27. The maximum Gasteiger partial charge on any atom is 0.317 e. The first-order valence-electron chi connectivity index (χ1n) is 16.8. The van der Waals surface area contributed by atoms with Gasteiger partial charge in [-0.2, -0.15) is 0 Å². The van der Waals surface area contributed by atoms with Crippen LogP contribution in [0.25, 0.3) is 0 Å². The average molecular weight is 1140 g/mol. The lowest BCUT2D eigenvalue weighted by Crippen LogP contribution is -2.49. The molecule has 0 unspecified atom stereocenters. The first-order valence-corrected chi connectivity index (χ1v) is 21.6. The zero-order chi connectivity index (χ0) is 39.4. The molecule has 0 bridgehead atoms. The van der Waals surface area contributed by atoms with Gasteiger partial charge >= 0.3 is 11.8 Å². The third-order valence-corrected chi connectivity index (χ3v) is 11.7. The molecule has 296 valence electrons. The summed E-state index contributed by atoms with van der Waals surface area (Å²) >= 11 is 21.2. The highest BCUT2D eigenvalue weighted by Gasteiger charge is 2.54. The number of hydrogen-bond acceptors (Lipinski definition) is 10. The lowest BCUT2D eigenvalue weighted by molar-refractivity contribution is -0.225. The number of benzene rings is 2. The molecule has 3 amide bonds. The number of nitrogens with zero attached hydrogens (tertiary/aromatic N) is 2. The summed E-state index contributed by atoms with van der Waals surface area (Å²) in [5, 5.41) is 23.6. The highest BCUT2D eigenvalue weighted by atomic mass is 79.9. The number of oxime groups is 1. The molecule has 2 aromatic rings. The number of urea groups is 1. The maximum atomic E-state index is 12.8. The Morgan fingerprint density at radius 2 is 1.46 bits per heavy atom. The van der Waals surface area contributed by atoms with Gasteiger partial charge in [-0.05, 0) is 154 Å². The van der Waals surface area contributed by atoms with E-state index < -0.39 is 17.8 Å². The summed E-state index contributed by atoms with van der Waals surface area (Å²) in [5.41, 5.74) is 2.00. The molecule has 0 radical (unpaired) electrons.